The molecule has 0 spiro atoms. The van der Waals surface area contributed by atoms with Crippen molar-refractivity contribution in [3.63, 3.8) is 0 Å². The Morgan fingerprint density at radius 1 is 1.29 bits per heavy atom. The lowest BCUT2D eigenvalue weighted by Crippen LogP contribution is -2.15. The molecule has 3 aromatic rings. The number of rotatable bonds is 6. The zero-order valence-electron chi connectivity index (χ0n) is 15.9. The topological polar surface area (TPSA) is 59.8 Å². The first-order valence-corrected chi connectivity index (χ1v) is 9.62. The normalized spacial score (nSPS) is 13.9. The van der Waals surface area contributed by atoms with Crippen molar-refractivity contribution in [3.8, 4) is 0 Å². The summed E-state index contributed by atoms with van der Waals surface area (Å²) < 4.78 is 29.0. The highest BCUT2D eigenvalue weighted by molar-refractivity contribution is 6.12. The molecular formula is C21H22F2N4O. The first-order valence-electron chi connectivity index (χ1n) is 9.62. The van der Waals surface area contributed by atoms with Crippen LogP contribution in [-0.4, -0.2) is 20.7 Å². The summed E-state index contributed by atoms with van der Waals surface area (Å²) in [5, 5.41) is 7.83. The Morgan fingerprint density at radius 3 is 2.75 bits per heavy atom. The summed E-state index contributed by atoms with van der Waals surface area (Å²) >= 11 is 0. The number of benzene rings is 1. The second-order valence-corrected chi connectivity index (χ2v) is 7.31. The second-order valence-electron chi connectivity index (χ2n) is 7.31. The summed E-state index contributed by atoms with van der Waals surface area (Å²) in [5.74, 6) is -1.59. The lowest BCUT2D eigenvalue weighted by molar-refractivity contribution is 0.102. The van der Waals surface area contributed by atoms with E-state index in [-0.39, 0.29) is 5.69 Å². The molecular weight excluding hydrogens is 362 g/mol. The molecule has 4 rings (SSSR count). The number of fused-ring (bicyclic) bond motifs is 1. The van der Waals surface area contributed by atoms with E-state index >= 15 is 0 Å². The Labute approximate surface area is 161 Å². The number of nitrogens with one attached hydrogen (secondary N) is 1. The number of aryl methyl sites for hydroxylation is 2. The van der Waals surface area contributed by atoms with Gasteiger partial charge < -0.3 is 5.32 Å². The molecule has 1 N–H and O–H groups in total. The quantitative estimate of drug-likeness (QED) is 0.654. The first kappa shape index (κ1) is 18.5. The number of carbonyl (C=O) groups excluding carboxylic acids is 1. The van der Waals surface area contributed by atoms with E-state index < -0.39 is 17.5 Å². The van der Waals surface area contributed by atoms with Gasteiger partial charge in [0, 0.05) is 24.2 Å². The van der Waals surface area contributed by atoms with Crippen LogP contribution in [0.1, 0.15) is 60.3 Å². The fourth-order valence-corrected chi connectivity index (χ4v) is 3.38. The summed E-state index contributed by atoms with van der Waals surface area (Å²) in [4.78, 5) is 17.8. The highest BCUT2D eigenvalue weighted by Gasteiger charge is 2.29. The van der Waals surface area contributed by atoms with Crippen molar-refractivity contribution in [1.29, 1.82) is 0 Å². The molecule has 0 radical (unpaired) electrons. The lowest BCUT2D eigenvalue weighted by Gasteiger charge is -2.10. The summed E-state index contributed by atoms with van der Waals surface area (Å²) in [6.45, 7) is 4.69. The number of hydrogen-bond acceptors (Lipinski definition) is 3. The van der Waals surface area contributed by atoms with E-state index in [0.29, 0.717) is 28.2 Å². The van der Waals surface area contributed by atoms with Gasteiger partial charge in [0.1, 0.15) is 11.6 Å². The van der Waals surface area contributed by atoms with Crippen LogP contribution in [0.3, 0.4) is 0 Å². The minimum atomic E-state index is -0.809. The molecule has 1 aromatic carbocycles. The minimum Gasteiger partial charge on any atom is -0.319 e. The Kier molecular flexibility index (Phi) is 4.83. The van der Waals surface area contributed by atoms with Crippen molar-refractivity contribution < 1.29 is 13.6 Å². The van der Waals surface area contributed by atoms with Crippen LogP contribution in [0.5, 0.6) is 0 Å². The predicted octanol–water partition coefficient (Wildman–Crippen LogP) is 4.95. The number of amides is 1. The Bertz CT molecular complexity index is 1060. The monoisotopic (exact) mass is 384 g/mol. The molecule has 0 atom stereocenters. The van der Waals surface area contributed by atoms with Crippen LogP contribution >= 0.6 is 0 Å². The number of hydrogen-bond donors (Lipinski definition) is 1. The molecule has 5 nitrogen and oxygen atoms in total. The van der Waals surface area contributed by atoms with Gasteiger partial charge in [0.2, 0.25) is 0 Å². The maximum absolute atomic E-state index is 14.0. The largest absolute Gasteiger partial charge is 0.319 e. The molecule has 1 amide bonds. The van der Waals surface area contributed by atoms with Gasteiger partial charge >= 0.3 is 0 Å². The Hall–Kier alpha value is -2.83. The fraction of sp³-hybridized carbons (Fsp3) is 0.381. The third-order valence-corrected chi connectivity index (χ3v) is 5.04. The lowest BCUT2D eigenvalue weighted by atomic mass is 10.1. The third-order valence-electron chi connectivity index (χ3n) is 5.04. The van der Waals surface area contributed by atoms with E-state index in [9.17, 15) is 13.6 Å². The van der Waals surface area contributed by atoms with Crippen molar-refractivity contribution >= 4 is 22.6 Å². The van der Waals surface area contributed by atoms with Crippen LogP contribution in [-0.2, 0) is 6.54 Å². The van der Waals surface area contributed by atoms with E-state index in [1.54, 1.807) is 6.07 Å². The van der Waals surface area contributed by atoms with Gasteiger partial charge in [0.15, 0.2) is 5.65 Å². The third kappa shape index (κ3) is 3.48. The maximum atomic E-state index is 14.0. The Balaban J connectivity index is 1.78. The molecule has 0 bridgehead atoms. The molecule has 0 unspecified atom stereocenters. The molecule has 1 saturated carbocycles. The SMILES string of the molecule is CCCCn1nc(C)c2c(C(=O)Nc3ccc(F)cc3F)cc(C3CC3)nc21. The molecule has 146 valence electrons. The minimum absolute atomic E-state index is 0.0552. The van der Waals surface area contributed by atoms with Crippen LogP contribution in [0.25, 0.3) is 11.0 Å². The molecule has 1 aliphatic rings. The highest BCUT2D eigenvalue weighted by atomic mass is 19.1. The Morgan fingerprint density at radius 2 is 2.07 bits per heavy atom. The zero-order valence-corrected chi connectivity index (χ0v) is 15.9. The molecule has 0 aliphatic heterocycles. The predicted molar refractivity (Wildman–Crippen MR) is 103 cm³/mol. The summed E-state index contributed by atoms with van der Waals surface area (Å²) in [7, 11) is 0. The second kappa shape index (κ2) is 7.30. The fourth-order valence-electron chi connectivity index (χ4n) is 3.38. The average molecular weight is 384 g/mol. The molecule has 0 saturated heterocycles. The average Bonchev–Trinajstić information content (AvgIpc) is 3.47. The zero-order chi connectivity index (χ0) is 19.8. The van der Waals surface area contributed by atoms with Gasteiger partial charge in [-0.05, 0) is 44.4 Å². The van der Waals surface area contributed by atoms with Gasteiger partial charge in [-0.1, -0.05) is 13.3 Å². The van der Waals surface area contributed by atoms with Gasteiger partial charge in [-0.3, -0.25) is 4.79 Å². The van der Waals surface area contributed by atoms with Gasteiger partial charge in [-0.2, -0.15) is 5.10 Å². The van der Waals surface area contributed by atoms with Crippen LogP contribution in [0, 0.1) is 18.6 Å². The standard InChI is InChI=1S/C21H22F2N4O/c1-3-4-9-27-20-19(12(2)26-27)15(11-18(24-20)13-5-6-13)21(28)25-17-8-7-14(22)10-16(17)23/h7-8,10-11,13H,3-6,9H2,1-2H3,(H,25,28). The maximum Gasteiger partial charge on any atom is 0.256 e. The molecule has 7 heteroatoms. The number of aromatic nitrogens is 3. The molecule has 28 heavy (non-hydrogen) atoms. The van der Waals surface area contributed by atoms with Crippen molar-refractivity contribution in [2.24, 2.45) is 0 Å². The number of anilines is 1. The van der Waals surface area contributed by atoms with Crippen molar-refractivity contribution in [1.82, 2.24) is 14.8 Å². The number of pyridine rings is 1. The first-order chi connectivity index (χ1) is 13.5. The van der Waals surface area contributed by atoms with Crippen LogP contribution in [0.15, 0.2) is 24.3 Å². The van der Waals surface area contributed by atoms with E-state index in [1.807, 2.05) is 11.6 Å². The van der Waals surface area contributed by atoms with Crippen molar-refractivity contribution in [3.05, 3.63) is 52.9 Å². The number of nitrogens with zero attached hydrogens (tertiary/aromatic N) is 3. The van der Waals surface area contributed by atoms with E-state index in [1.165, 1.54) is 6.07 Å². The van der Waals surface area contributed by atoms with E-state index in [2.05, 4.69) is 17.3 Å². The van der Waals surface area contributed by atoms with Gasteiger partial charge in [0.05, 0.1) is 22.3 Å². The molecule has 1 fully saturated rings. The van der Waals surface area contributed by atoms with Crippen LogP contribution in [0.4, 0.5) is 14.5 Å². The van der Waals surface area contributed by atoms with Gasteiger partial charge in [-0.25, -0.2) is 18.4 Å². The van der Waals surface area contributed by atoms with Gasteiger partial charge in [0.25, 0.3) is 5.91 Å². The van der Waals surface area contributed by atoms with E-state index in [4.69, 9.17) is 4.98 Å². The van der Waals surface area contributed by atoms with Crippen molar-refractivity contribution in [2.75, 3.05) is 5.32 Å². The molecule has 2 aromatic heterocycles. The highest BCUT2D eigenvalue weighted by Crippen LogP contribution is 2.40. The summed E-state index contributed by atoms with van der Waals surface area (Å²) in [6, 6.07) is 4.88. The number of halogens is 2. The van der Waals surface area contributed by atoms with Crippen molar-refractivity contribution in [2.45, 2.75) is 52.0 Å². The number of unbranched alkanes of at least 4 members (excludes halogenated alkanes) is 1. The smallest absolute Gasteiger partial charge is 0.256 e. The van der Waals surface area contributed by atoms with E-state index in [0.717, 1.165) is 50.1 Å². The summed E-state index contributed by atoms with van der Waals surface area (Å²) in [5.41, 5.74) is 2.65. The molecule has 1 aliphatic carbocycles. The number of carbonyl (C=O) groups is 1. The van der Waals surface area contributed by atoms with Crippen LogP contribution < -0.4 is 5.32 Å². The van der Waals surface area contributed by atoms with Gasteiger partial charge in [-0.15, -0.1) is 0 Å². The van der Waals surface area contributed by atoms with Crippen LogP contribution in [0.2, 0.25) is 0 Å². The summed E-state index contributed by atoms with van der Waals surface area (Å²) in [6.07, 6.45) is 4.09. The molecule has 2 heterocycles.